The van der Waals surface area contributed by atoms with Crippen LogP contribution in [0.15, 0.2) is 87.5 Å². The summed E-state index contributed by atoms with van der Waals surface area (Å²) >= 11 is 0. The van der Waals surface area contributed by atoms with Gasteiger partial charge in [0, 0.05) is 12.7 Å². The van der Waals surface area contributed by atoms with Crippen LogP contribution in [-0.4, -0.2) is 19.6 Å². The van der Waals surface area contributed by atoms with E-state index in [0.717, 1.165) is 16.7 Å². The monoisotopic (exact) mass is 447 g/mol. The highest BCUT2D eigenvalue weighted by Gasteiger charge is 2.24. The number of hydrogen-bond acceptors (Lipinski definition) is 4. The summed E-state index contributed by atoms with van der Waals surface area (Å²) in [5, 5.41) is 0.316. The molecule has 3 aromatic carbocycles. The smallest absolute Gasteiger partial charge is 0.211 e. The summed E-state index contributed by atoms with van der Waals surface area (Å²) in [5.41, 5.74) is 3.20. The van der Waals surface area contributed by atoms with Crippen molar-refractivity contribution in [3.05, 3.63) is 99.8 Å². The molecule has 1 aromatic heterocycles. The van der Waals surface area contributed by atoms with E-state index in [4.69, 9.17) is 4.74 Å². The van der Waals surface area contributed by atoms with Gasteiger partial charge in [0.1, 0.15) is 10.6 Å². The molecule has 164 valence electrons. The van der Waals surface area contributed by atoms with Crippen LogP contribution in [0.4, 0.5) is 0 Å². The molecule has 0 aliphatic rings. The molecule has 0 bridgehead atoms. The van der Waals surface area contributed by atoms with E-state index in [1.54, 1.807) is 30.3 Å². The second-order valence-electron chi connectivity index (χ2n) is 7.87. The van der Waals surface area contributed by atoms with Gasteiger partial charge in [0.05, 0.1) is 22.4 Å². The first-order valence-corrected chi connectivity index (χ1v) is 11.9. The Balaban J connectivity index is 1.97. The maximum atomic E-state index is 13.4. The maximum Gasteiger partial charge on any atom is 0.211 e. The number of benzene rings is 3. The van der Waals surface area contributed by atoms with Crippen molar-refractivity contribution in [1.82, 2.24) is 4.57 Å². The molecule has 0 aliphatic carbocycles. The Labute approximate surface area is 187 Å². The van der Waals surface area contributed by atoms with E-state index in [-0.39, 0.29) is 9.79 Å². The van der Waals surface area contributed by atoms with Gasteiger partial charge in [-0.2, -0.15) is 0 Å². The molecule has 5 nitrogen and oxygen atoms in total. The van der Waals surface area contributed by atoms with Crippen LogP contribution in [0.2, 0.25) is 0 Å². The molecule has 0 atom stereocenters. The summed E-state index contributed by atoms with van der Waals surface area (Å²) in [6.45, 7) is 6.64. The minimum absolute atomic E-state index is 0.0996. The molecule has 32 heavy (non-hydrogen) atoms. The van der Waals surface area contributed by atoms with E-state index >= 15 is 0 Å². The van der Waals surface area contributed by atoms with Crippen molar-refractivity contribution >= 4 is 20.7 Å². The van der Waals surface area contributed by atoms with Gasteiger partial charge in [-0.05, 0) is 56.7 Å². The molecule has 4 rings (SSSR count). The Morgan fingerprint density at radius 3 is 2.34 bits per heavy atom. The molecule has 0 fully saturated rings. The number of pyridine rings is 1. The lowest BCUT2D eigenvalue weighted by Gasteiger charge is -2.15. The quantitative estimate of drug-likeness (QED) is 0.422. The first-order valence-electron chi connectivity index (χ1n) is 10.5. The van der Waals surface area contributed by atoms with Gasteiger partial charge in [-0.15, -0.1) is 0 Å². The van der Waals surface area contributed by atoms with Crippen molar-refractivity contribution < 1.29 is 13.2 Å². The largest absolute Gasteiger partial charge is 0.494 e. The molecule has 0 N–H and O–H groups in total. The normalized spacial score (nSPS) is 11.6. The number of nitrogens with zero attached hydrogens (tertiary/aromatic N) is 1. The second-order valence-corrected chi connectivity index (χ2v) is 9.79. The average molecular weight is 448 g/mol. The average Bonchev–Trinajstić information content (AvgIpc) is 2.76. The number of ether oxygens (including phenoxy) is 1. The summed E-state index contributed by atoms with van der Waals surface area (Å²) in [4.78, 5) is 13.2. The highest BCUT2D eigenvalue weighted by Crippen LogP contribution is 2.25. The highest BCUT2D eigenvalue weighted by atomic mass is 32.2. The van der Waals surface area contributed by atoms with Crippen LogP contribution in [-0.2, 0) is 16.4 Å². The summed E-state index contributed by atoms with van der Waals surface area (Å²) in [6.07, 6.45) is 1.46. The third-order valence-electron chi connectivity index (χ3n) is 5.39. The molecule has 0 saturated heterocycles. The molecule has 0 radical (unpaired) electrons. The van der Waals surface area contributed by atoms with E-state index in [1.165, 1.54) is 18.3 Å². The van der Waals surface area contributed by atoms with Crippen LogP contribution in [0.25, 0.3) is 10.9 Å². The van der Waals surface area contributed by atoms with E-state index in [2.05, 4.69) is 0 Å². The van der Waals surface area contributed by atoms with Gasteiger partial charge in [0.2, 0.25) is 15.3 Å². The third-order valence-corrected chi connectivity index (χ3v) is 7.15. The predicted molar refractivity (Wildman–Crippen MR) is 126 cm³/mol. The Kier molecular flexibility index (Phi) is 5.89. The molecule has 4 aromatic rings. The first-order chi connectivity index (χ1) is 15.3. The molecule has 0 saturated carbocycles. The SMILES string of the molecule is CCOc1ccc2c(c1)c(=O)c(S(=O)(=O)c1ccc(C)cc1)cn2Cc1cccc(C)c1. The topological polar surface area (TPSA) is 65.4 Å². The van der Waals surface area contributed by atoms with Gasteiger partial charge in [0.15, 0.2) is 0 Å². The molecular weight excluding hydrogens is 422 g/mol. The number of rotatable bonds is 6. The van der Waals surface area contributed by atoms with E-state index in [0.29, 0.717) is 29.8 Å². The van der Waals surface area contributed by atoms with Gasteiger partial charge in [-0.3, -0.25) is 4.79 Å². The van der Waals surface area contributed by atoms with Crippen molar-refractivity contribution in [3.63, 3.8) is 0 Å². The standard InChI is InChI=1S/C26H25NO4S/c1-4-31-21-10-13-24-23(15-21)26(28)25(32(29,30)22-11-8-18(2)9-12-22)17-27(24)16-20-7-5-6-19(3)14-20/h5-15,17H,4,16H2,1-3H3. The highest BCUT2D eigenvalue weighted by molar-refractivity contribution is 7.91. The molecule has 0 unspecified atom stereocenters. The van der Waals surface area contributed by atoms with Crippen LogP contribution in [0.5, 0.6) is 5.75 Å². The Morgan fingerprint density at radius 2 is 1.66 bits per heavy atom. The van der Waals surface area contributed by atoms with Crippen LogP contribution in [0, 0.1) is 13.8 Å². The van der Waals surface area contributed by atoms with Crippen molar-refractivity contribution in [2.24, 2.45) is 0 Å². The van der Waals surface area contributed by atoms with Crippen molar-refractivity contribution in [3.8, 4) is 5.75 Å². The predicted octanol–water partition coefficient (Wildman–Crippen LogP) is 4.90. The van der Waals surface area contributed by atoms with E-state index < -0.39 is 15.3 Å². The van der Waals surface area contributed by atoms with E-state index in [9.17, 15) is 13.2 Å². The van der Waals surface area contributed by atoms with Gasteiger partial charge < -0.3 is 9.30 Å². The number of sulfone groups is 1. The number of fused-ring (bicyclic) bond motifs is 1. The van der Waals surface area contributed by atoms with Gasteiger partial charge in [-0.1, -0.05) is 47.5 Å². The zero-order valence-electron chi connectivity index (χ0n) is 18.3. The summed E-state index contributed by atoms with van der Waals surface area (Å²) in [5.74, 6) is 0.532. The maximum absolute atomic E-state index is 13.4. The van der Waals surface area contributed by atoms with Gasteiger partial charge >= 0.3 is 0 Å². The van der Waals surface area contributed by atoms with E-state index in [1.807, 2.05) is 49.6 Å². The lowest BCUT2D eigenvalue weighted by atomic mass is 10.1. The van der Waals surface area contributed by atoms with Crippen LogP contribution in [0.3, 0.4) is 0 Å². The summed E-state index contributed by atoms with van der Waals surface area (Å²) < 4.78 is 34.3. The fourth-order valence-electron chi connectivity index (χ4n) is 3.78. The zero-order valence-corrected chi connectivity index (χ0v) is 19.1. The van der Waals surface area contributed by atoms with Gasteiger partial charge in [0.25, 0.3) is 0 Å². The first kappa shape index (κ1) is 21.8. The number of aromatic nitrogens is 1. The van der Waals surface area contributed by atoms with Gasteiger partial charge in [-0.25, -0.2) is 8.42 Å². The van der Waals surface area contributed by atoms with Crippen molar-refractivity contribution in [2.45, 2.75) is 37.1 Å². The Bertz CT molecular complexity index is 1450. The Hall–Kier alpha value is -3.38. The molecular formula is C26H25NO4S. The molecule has 0 aliphatic heterocycles. The zero-order chi connectivity index (χ0) is 22.9. The molecule has 0 amide bonds. The number of hydrogen-bond donors (Lipinski definition) is 0. The fourth-order valence-corrected chi connectivity index (χ4v) is 5.15. The molecule has 6 heteroatoms. The van der Waals surface area contributed by atoms with Crippen LogP contribution in [0.1, 0.15) is 23.6 Å². The van der Waals surface area contributed by atoms with Crippen molar-refractivity contribution in [1.29, 1.82) is 0 Å². The molecule has 0 spiro atoms. The number of aryl methyl sites for hydroxylation is 2. The third kappa shape index (κ3) is 4.18. The minimum atomic E-state index is -4.00. The fraction of sp³-hybridized carbons (Fsp3) is 0.192. The summed E-state index contributed by atoms with van der Waals surface area (Å²) in [6, 6.07) is 19.8. The van der Waals surface area contributed by atoms with Crippen LogP contribution >= 0.6 is 0 Å². The Morgan fingerprint density at radius 1 is 0.906 bits per heavy atom. The minimum Gasteiger partial charge on any atom is -0.494 e. The lowest BCUT2D eigenvalue weighted by Crippen LogP contribution is -2.20. The lowest BCUT2D eigenvalue weighted by molar-refractivity contribution is 0.340. The van der Waals surface area contributed by atoms with Crippen molar-refractivity contribution in [2.75, 3.05) is 6.61 Å². The molecule has 1 heterocycles. The van der Waals surface area contributed by atoms with Crippen LogP contribution < -0.4 is 10.2 Å². The summed E-state index contributed by atoms with van der Waals surface area (Å²) in [7, 11) is -4.00. The second kappa shape index (κ2) is 8.63.